The number of nitrogens with one attached hydrogen (secondary N) is 3. The van der Waals surface area contributed by atoms with Crippen molar-refractivity contribution >= 4 is 17.7 Å². The second-order valence-electron chi connectivity index (χ2n) is 10.5. The van der Waals surface area contributed by atoms with Crippen molar-refractivity contribution in [2.75, 3.05) is 85.6 Å². The first-order valence-electron chi connectivity index (χ1n) is 15.7. The van der Waals surface area contributed by atoms with Crippen molar-refractivity contribution in [3.63, 3.8) is 0 Å². The molecule has 0 fully saturated rings. The molecule has 11 heteroatoms. The highest BCUT2D eigenvalue weighted by atomic mass is 16.2. The van der Waals surface area contributed by atoms with Crippen molar-refractivity contribution in [2.45, 2.75) is 84.6 Å². The van der Waals surface area contributed by atoms with Crippen LogP contribution in [0.5, 0.6) is 0 Å². The zero-order valence-corrected chi connectivity index (χ0v) is 26.1. The molecule has 0 saturated carbocycles. The fourth-order valence-corrected chi connectivity index (χ4v) is 4.61. The van der Waals surface area contributed by atoms with Gasteiger partial charge in [0.25, 0.3) is 0 Å². The molecule has 0 aromatic heterocycles. The van der Waals surface area contributed by atoms with Crippen molar-refractivity contribution in [1.29, 1.82) is 0 Å². The molecule has 0 heterocycles. The summed E-state index contributed by atoms with van der Waals surface area (Å²) in [6, 6.07) is 0.625. The van der Waals surface area contributed by atoms with E-state index in [4.69, 9.17) is 11.5 Å². The molecular weight excluding hydrogens is 508 g/mol. The van der Waals surface area contributed by atoms with Gasteiger partial charge < -0.3 is 42.1 Å². The van der Waals surface area contributed by atoms with Gasteiger partial charge in [0.2, 0.25) is 17.7 Å². The fraction of sp³-hybridized carbons (Fsp3) is 0.897. The maximum Gasteiger partial charge on any atom is 0.221 e. The number of unbranched alkanes of at least 4 members (excludes halogenated alkanes) is 3. The summed E-state index contributed by atoms with van der Waals surface area (Å²) in [5, 5.41) is 8.54. The molecule has 0 rings (SSSR count). The second-order valence-corrected chi connectivity index (χ2v) is 10.5. The molecule has 3 amide bonds. The van der Waals surface area contributed by atoms with Crippen molar-refractivity contribution in [3.8, 4) is 0 Å². The van der Waals surface area contributed by atoms with Crippen LogP contribution >= 0.6 is 0 Å². The Hall–Kier alpha value is -1.79. The lowest BCUT2D eigenvalue weighted by atomic mass is 10.0. The first kappa shape index (κ1) is 38.2. The van der Waals surface area contributed by atoms with Gasteiger partial charge in [0.05, 0.1) is 0 Å². The molecule has 0 aromatic carbocycles. The van der Waals surface area contributed by atoms with Gasteiger partial charge in [-0.3, -0.25) is 14.4 Å². The largest absolute Gasteiger partial charge is 0.355 e. The summed E-state index contributed by atoms with van der Waals surface area (Å²) in [4.78, 5) is 43.4. The van der Waals surface area contributed by atoms with Crippen LogP contribution in [0.15, 0.2) is 0 Å². The predicted octanol–water partition coefficient (Wildman–Crippen LogP) is 0.727. The van der Waals surface area contributed by atoms with Crippen LogP contribution in [0.4, 0.5) is 0 Å². The Bertz CT molecular complexity index is 629. The van der Waals surface area contributed by atoms with Crippen LogP contribution in [0.3, 0.4) is 0 Å². The van der Waals surface area contributed by atoms with Crippen molar-refractivity contribution in [1.82, 2.24) is 30.7 Å². The molecule has 0 bridgehead atoms. The molecule has 0 aromatic rings. The Kier molecular flexibility index (Phi) is 25.0. The molecule has 40 heavy (non-hydrogen) atoms. The Balaban J connectivity index is 4.50. The van der Waals surface area contributed by atoms with Crippen LogP contribution in [-0.4, -0.2) is 124 Å². The molecule has 1 atom stereocenters. The van der Waals surface area contributed by atoms with E-state index in [0.717, 1.165) is 26.2 Å². The molecule has 7 N–H and O–H groups in total. The average molecular weight is 571 g/mol. The lowest BCUT2D eigenvalue weighted by Gasteiger charge is -2.30. The van der Waals surface area contributed by atoms with E-state index in [-0.39, 0.29) is 17.7 Å². The number of carbonyl (C=O) groups is 3. The average Bonchev–Trinajstić information content (AvgIpc) is 2.95. The van der Waals surface area contributed by atoms with Gasteiger partial charge in [-0.15, -0.1) is 0 Å². The topological polar surface area (TPSA) is 149 Å². The minimum atomic E-state index is -0.0703. The number of nitrogens with two attached hydrogens (primary N) is 2. The number of hydrogen-bond donors (Lipinski definition) is 5. The van der Waals surface area contributed by atoms with E-state index in [1.807, 2.05) is 4.90 Å². The quantitative estimate of drug-likeness (QED) is 0.0908. The predicted molar refractivity (Wildman–Crippen MR) is 165 cm³/mol. The van der Waals surface area contributed by atoms with E-state index < -0.39 is 0 Å². The third kappa shape index (κ3) is 21.0. The van der Waals surface area contributed by atoms with Crippen molar-refractivity contribution in [2.24, 2.45) is 11.5 Å². The molecule has 0 spiro atoms. The van der Waals surface area contributed by atoms with E-state index in [1.54, 1.807) is 0 Å². The normalized spacial score (nSPS) is 12.2. The third-order valence-electron chi connectivity index (χ3n) is 7.35. The van der Waals surface area contributed by atoms with E-state index in [9.17, 15) is 14.4 Å². The summed E-state index contributed by atoms with van der Waals surface area (Å²) >= 11 is 0. The van der Waals surface area contributed by atoms with Crippen LogP contribution in [-0.2, 0) is 14.4 Å². The summed E-state index contributed by atoms with van der Waals surface area (Å²) in [6.07, 6.45) is 8.73. The van der Waals surface area contributed by atoms with Crippen LogP contribution < -0.4 is 27.4 Å². The van der Waals surface area contributed by atoms with Crippen LogP contribution in [0, 0.1) is 0 Å². The first-order valence-corrected chi connectivity index (χ1v) is 15.7. The lowest BCUT2D eigenvalue weighted by Crippen LogP contribution is -2.41. The summed E-state index contributed by atoms with van der Waals surface area (Å²) in [5.74, 6) is -0.117. The molecule has 1 unspecified atom stereocenters. The van der Waals surface area contributed by atoms with Gasteiger partial charge in [0, 0.05) is 97.3 Å². The minimum absolute atomic E-state index is 0.0236. The summed E-state index contributed by atoms with van der Waals surface area (Å²) in [5.41, 5.74) is 10.9. The molecule has 0 saturated heterocycles. The standard InChI is InChI=1S/C29H62N8O3/c1-5-8-9-10-11-26(6-2)35(4)24-25-36(7-3)20-12-29(40)34-19-23-37(21-13-27(38)32-17-15-30)22-14-28(39)33-18-16-31/h26H,5-25,30-31H2,1-4H3,(H,32,38)(H,33,39)(H,34,40). The molecule has 11 nitrogen and oxygen atoms in total. The Morgan fingerprint density at radius 2 is 1.18 bits per heavy atom. The molecule has 0 aliphatic rings. The lowest BCUT2D eigenvalue weighted by molar-refractivity contribution is -0.123. The number of carbonyl (C=O) groups excluding carboxylic acids is 3. The minimum Gasteiger partial charge on any atom is -0.355 e. The molecule has 236 valence electrons. The van der Waals surface area contributed by atoms with Gasteiger partial charge in [-0.2, -0.15) is 0 Å². The van der Waals surface area contributed by atoms with E-state index in [0.29, 0.717) is 77.7 Å². The van der Waals surface area contributed by atoms with Crippen LogP contribution in [0.2, 0.25) is 0 Å². The SMILES string of the molecule is CCCCCCC(CC)N(C)CCN(CC)CCC(=O)NCCN(CCC(=O)NCCN)CCC(=O)NCCN. The van der Waals surface area contributed by atoms with Crippen LogP contribution in [0.25, 0.3) is 0 Å². The van der Waals surface area contributed by atoms with E-state index in [2.05, 4.69) is 53.6 Å². The second kappa shape index (κ2) is 26.1. The van der Waals surface area contributed by atoms with Crippen molar-refractivity contribution < 1.29 is 14.4 Å². The van der Waals surface area contributed by atoms with E-state index in [1.165, 1.54) is 38.5 Å². The molecule has 0 radical (unpaired) electrons. The summed E-state index contributed by atoms with van der Waals surface area (Å²) in [7, 11) is 2.23. The number of likely N-dealkylation sites (N-methyl/N-ethyl adjacent to an activating group) is 2. The Morgan fingerprint density at radius 1 is 0.650 bits per heavy atom. The maximum absolute atomic E-state index is 12.6. The van der Waals surface area contributed by atoms with Gasteiger partial charge in [0.15, 0.2) is 0 Å². The summed E-state index contributed by atoms with van der Waals surface area (Å²) in [6.45, 7) is 14.0. The first-order chi connectivity index (χ1) is 19.3. The van der Waals surface area contributed by atoms with Crippen molar-refractivity contribution in [3.05, 3.63) is 0 Å². The van der Waals surface area contributed by atoms with E-state index >= 15 is 0 Å². The molecular formula is C29H62N8O3. The van der Waals surface area contributed by atoms with Gasteiger partial charge in [-0.25, -0.2) is 0 Å². The number of rotatable bonds is 27. The number of amides is 3. The Labute approximate surface area is 244 Å². The molecule has 0 aliphatic carbocycles. The van der Waals surface area contributed by atoms with Gasteiger partial charge >= 0.3 is 0 Å². The third-order valence-corrected chi connectivity index (χ3v) is 7.35. The fourth-order valence-electron chi connectivity index (χ4n) is 4.61. The van der Waals surface area contributed by atoms with Gasteiger partial charge in [-0.1, -0.05) is 46.5 Å². The zero-order valence-electron chi connectivity index (χ0n) is 26.1. The zero-order chi connectivity index (χ0) is 30.0. The van der Waals surface area contributed by atoms with Crippen LogP contribution in [0.1, 0.15) is 78.6 Å². The monoisotopic (exact) mass is 570 g/mol. The number of nitrogens with zero attached hydrogens (tertiary/aromatic N) is 3. The van der Waals surface area contributed by atoms with Gasteiger partial charge in [0.1, 0.15) is 0 Å². The van der Waals surface area contributed by atoms with Gasteiger partial charge in [-0.05, 0) is 26.4 Å². The highest BCUT2D eigenvalue weighted by Gasteiger charge is 2.15. The highest BCUT2D eigenvalue weighted by Crippen LogP contribution is 2.13. The summed E-state index contributed by atoms with van der Waals surface area (Å²) < 4.78 is 0. The molecule has 0 aliphatic heterocycles. The Morgan fingerprint density at radius 3 is 1.65 bits per heavy atom. The number of hydrogen-bond acceptors (Lipinski definition) is 8. The smallest absolute Gasteiger partial charge is 0.221 e. The maximum atomic E-state index is 12.6. The highest BCUT2D eigenvalue weighted by molar-refractivity contribution is 5.77.